The highest BCUT2D eigenvalue weighted by atomic mass is 16.3. The number of carbonyl (C=O) groups excluding carboxylic acids is 1. The van der Waals surface area contributed by atoms with Crippen molar-refractivity contribution in [1.29, 1.82) is 0 Å². The van der Waals surface area contributed by atoms with E-state index >= 15 is 0 Å². The van der Waals surface area contributed by atoms with E-state index < -0.39 is 0 Å². The van der Waals surface area contributed by atoms with Crippen LogP contribution in [0.4, 0.5) is 0 Å². The monoisotopic (exact) mass is 299 g/mol. The molecule has 2 aromatic rings. The first kappa shape index (κ1) is 14.9. The highest BCUT2D eigenvalue weighted by molar-refractivity contribution is 6.03. The average Bonchev–Trinajstić information content (AvgIpc) is 2.56. The van der Waals surface area contributed by atoms with Crippen LogP contribution < -0.4 is 5.32 Å². The Kier molecular flexibility index (Phi) is 4.29. The zero-order chi connectivity index (χ0) is 15.5. The fourth-order valence-corrected chi connectivity index (χ4v) is 3.19. The van der Waals surface area contributed by atoms with Crippen LogP contribution in [0.15, 0.2) is 36.4 Å². The molecule has 1 amide bonds. The molecule has 0 saturated heterocycles. The van der Waals surface area contributed by atoms with Gasteiger partial charge in [0.25, 0.3) is 5.91 Å². The van der Waals surface area contributed by atoms with Crippen molar-refractivity contribution in [3.63, 3.8) is 0 Å². The minimum absolute atomic E-state index is 0.0413. The second-order valence-electron chi connectivity index (χ2n) is 6.06. The van der Waals surface area contributed by atoms with E-state index in [1.54, 1.807) is 6.07 Å². The molecule has 3 rings (SSSR count). The summed E-state index contributed by atoms with van der Waals surface area (Å²) < 4.78 is 0. The molecule has 4 nitrogen and oxygen atoms in total. The number of nitrogens with one attached hydrogen (secondary N) is 1. The lowest BCUT2D eigenvalue weighted by atomic mass is 9.86. The number of aliphatic hydroxyl groups excluding tert-OH is 1. The summed E-state index contributed by atoms with van der Waals surface area (Å²) in [5.41, 5.74) is 0.322. The number of benzene rings is 2. The molecule has 1 aliphatic carbocycles. The molecule has 0 atom stereocenters. The second-order valence-corrected chi connectivity index (χ2v) is 6.06. The lowest BCUT2D eigenvalue weighted by Crippen LogP contribution is -2.38. The molecule has 22 heavy (non-hydrogen) atoms. The quantitative estimate of drug-likeness (QED) is 0.816. The molecule has 0 heterocycles. The van der Waals surface area contributed by atoms with Crippen LogP contribution in [0.25, 0.3) is 10.8 Å². The number of carbonyl (C=O) groups is 1. The van der Waals surface area contributed by atoms with Crippen LogP contribution in [-0.4, -0.2) is 28.8 Å². The van der Waals surface area contributed by atoms with Gasteiger partial charge < -0.3 is 15.5 Å². The molecule has 1 aliphatic rings. The molecular weight excluding hydrogens is 278 g/mol. The van der Waals surface area contributed by atoms with Gasteiger partial charge in [0, 0.05) is 18.0 Å². The summed E-state index contributed by atoms with van der Waals surface area (Å²) in [6.45, 7) is 0.228. The van der Waals surface area contributed by atoms with E-state index in [9.17, 15) is 9.90 Å². The highest BCUT2D eigenvalue weighted by Gasteiger charge is 2.23. The largest absolute Gasteiger partial charge is 0.506 e. The van der Waals surface area contributed by atoms with E-state index in [2.05, 4.69) is 5.32 Å². The molecule has 116 valence electrons. The van der Waals surface area contributed by atoms with Crippen LogP contribution in [0, 0.1) is 5.92 Å². The van der Waals surface area contributed by atoms with Crippen LogP contribution in [0.3, 0.4) is 0 Å². The zero-order valence-corrected chi connectivity index (χ0v) is 12.5. The van der Waals surface area contributed by atoms with Crippen molar-refractivity contribution in [2.75, 3.05) is 6.61 Å². The number of aliphatic hydroxyl groups is 1. The minimum Gasteiger partial charge on any atom is -0.506 e. The lowest BCUT2D eigenvalue weighted by molar-refractivity contribution is 0.0911. The Morgan fingerprint density at radius 1 is 1.09 bits per heavy atom. The number of amides is 1. The van der Waals surface area contributed by atoms with E-state index in [0.29, 0.717) is 16.9 Å². The Balaban J connectivity index is 1.74. The van der Waals surface area contributed by atoms with E-state index in [1.807, 2.05) is 30.3 Å². The number of fused-ring (bicyclic) bond motifs is 1. The third-order valence-electron chi connectivity index (χ3n) is 4.59. The minimum atomic E-state index is -0.226. The van der Waals surface area contributed by atoms with Crippen molar-refractivity contribution in [3.8, 4) is 5.75 Å². The summed E-state index contributed by atoms with van der Waals surface area (Å²) in [4.78, 5) is 12.4. The number of phenolic OH excluding ortho intramolecular Hbond substituents is 1. The van der Waals surface area contributed by atoms with E-state index in [4.69, 9.17) is 5.11 Å². The van der Waals surface area contributed by atoms with E-state index in [1.165, 1.54) is 0 Å². The molecule has 1 fully saturated rings. The molecule has 0 radical (unpaired) electrons. The van der Waals surface area contributed by atoms with Gasteiger partial charge in [-0.3, -0.25) is 4.79 Å². The number of hydrogen-bond donors (Lipinski definition) is 3. The summed E-state index contributed by atoms with van der Waals surface area (Å²) in [5.74, 6) is 0.178. The van der Waals surface area contributed by atoms with Crippen LogP contribution in [0.5, 0.6) is 5.75 Å². The molecule has 4 heteroatoms. The topological polar surface area (TPSA) is 69.6 Å². The van der Waals surface area contributed by atoms with Gasteiger partial charge in [0.05, 0.1) is 5.56 Å². The normalized spacial score (nSPS) is 21.7. The summed E-state index contributed by atoms with van der Waals surface area (Å²) in [6.07, 6.45) is 3.63. The van der Waals surface area contributed by atoms with Gasteiger partial charge in [-0.05, 0) is 43.1 Å². The van der Waals surface area contributed by atoms with Gasteiger partial charge in [0.2, 0.25) is 0 Å². The molecule has 0 bridgehead atoms. The van der Waals surface area contributed by atoms with Crippen molar-refractivity contribution in [3.05, 3.63) is 42.0 Å². The number of hydrogen-bond acceptors (Lipinski definition) is 3. The molecule has 0 aromatic heterocycles. The van der Waals surface area contributed by atoms with Gasteiger partial charge in [-0.1, -0.05) is 30.3 Å². The van der Waals surface area contributed by atoms with Crippen molar-refractivity contribution >= 4 is 16.7 Å². The first-order valence-electron chi connectivity index (χ1n) is 7.81. The van der Waals surface area contributed by atoms with Crippen molar-refractivity contribution in [2.45, 2.75) is 31.7 Å². The summed E-state index contributed by atoms with van der Waals surface area (Å²) in [6, 6.07) is 11.1. The Morgan fingerprint density at radius 3 is 2.55 bits per heavy atom. The van der Waals surface area contributed by atoms with Crippen LogP contribution in [0.1, 0.15) is 36.0 Å². The average molecular weight is 299 g/mol. The van der Waals surface area contributed by atoms with Crippen LogP contribution >= 0.6 is 0 Å². The number of phenols is 1. The maximum atomic E-state index is 12.4. The molecule has 3 N–H and O–H groups in total. The van der Waals surface area contributed by atoms with Gasteiger partial charge >= 0.3 is 0 Å². The molecule has 0 aliphatic heterocycles. The van der Waals surface area contributed by atoms with Crippen molar-refractivity contribution in [2.24, 2.45) is 5.92 Å². The van der Waals surface area contributed by atoms with Gasteiger partial charge in [-0.15, -0.1) is 0 Å². The summed E-state index contributed by atoms with van der Waals surface area (Å²) >= 11 is 0. The van der Waals surface area contributed by atoms with Gasteiger partial charge in [-0.25, -0.2) is 0 Å². The number of aromatic hydroxyl groups is 1. The van der Waals surface area contributed by atoms with Crippen LogP contribution in [-0.2, 0) is 0 Å². The molecular formula is C18H21NO3. The Morgan fingerprint density at radius 2 is 1.82 bits per heavy atom. The molecule has 0 spiro atoms. The second kappa shape index (κ2) is 6.36. The van der Waals surface area contributed by atoms with Gasteiger partial charge in [0.15, 0.2) is 0 Å². The Labute approximate surface area is 129 Å². The Bertz CT molecular complexity index is 675. The predicted molar refractivity (Wildman–Crippen MR) is 85.9 cm³/mol. The van der Waals surface area contributed by atoms with Gasteiger partial charge in [-0.2, -0.15) is 0 Å². The molecule has 0 unspecified atom stereocenters. The first-order chi connectivity index (χ1) is 10.7. The van der Waals surface area contributed by atoms with E-state index in [0.717, 1.165) is 31.1 Å². The fraction of sp³-hybridized carbons (Fsp3) is 0.389. The lowest BCUT2D eigenvalue weighted by Gasteiger charge is -2.28. The maximum absolute atomic E-state index is 12.4. The Hall–Kier alpha value is -2.07. The maximum Gasteiger partial charge on any atom is 0.255 e. The standard InChI is InChI=1S/C18H21NO3/c20-11-12-5-8-14(9-6-12)19-18(22)16-10-7-13-3-1-2-4-15(13)17(16)21/h1-4,7,10,12,14,20-21H,5-6,8-9,11H2,(H,19,22). The molecule has 1 saturated carbocycles. The molecule has 2 aromatic carbocycles. The van der Waals surface area contributed by atoms with E-state index in [-0.39, 0.29) is 24.3 Å². The van der Waals surface area contributed by atoms with Crippen molar-refractivity contribution in [1.82, 2.24) is 5.32 Å². The zero-order valence-electron chi connectivity index (χ0n) is 12.5. The first-order valence-corrected chi connectivity index (χ1v) is 7.81. The number of rotatable bonds is 3. The smallest absolute Gasteiger partial charge is 0.255 e. The van der Waals surface area contributed by atoms with Crippen molar-refractivity contribution < 1.29 is 15.0 Å². The third kappa shape index (κ3) is 2.92. The van der Waals surface area contributed by atoms with Crippen LogP contribution in [0.2, 0.25) is 0 Å². The summed E-state index contributed by atoms with van der Waals surface area (Å²) in [7, 11) is 0. The fourth-order valence-electron chi connectivity index (χ4n) is 3.19. The highest BCUT2D eigenvalue weighted by Crippen LogP contribution is 2.29. The van der Waals surface area contributed by atoms with Gasteiger partial charge in [0.1, 0.15) is 5.75 Å². The SMILES string of the molecule is O=C(NC1CCC(CO)CC1)c1ccc2ccccc2c1O. The third-order valence-corrected chi connectivity index (χ3v) is 4.59. The summed E-state index contributed by atoms with van der Waals surface area (Å²) in [5, 5.41) is 24.1. The predicted octanol–water partition coefficient (Wildman–Crippen LogP) is 2.83.